The third-order valence-corrected chi connectivity index (χ3v) is 4.70. The number of para-hydroxylation sites is 1. The Morgan fingerprint density at radius 2 is 1.65 bits per heavy atom. The second-order valence-corrected chi connectivity index (χ2v) is 7.39. The number of hydrogen-bond donors (Lipinski definition) is 2. The topological polar surface area (TPSA) is 96.9 Å². The Morgan fingerprint density at radius 3 is 2.39 bits per heavy atom. The van der Waals surface area contributed by atoms with E-state index in [-0.39, 0.29) is 5.75 Å². The van der Waals surface area contributed by atoms with Crippen LogP contribution in [-0.4, -0.2) is 24.0 Å². The molecule has 31 heavy (non-hydrogen) atoms. The number of carbonyl (C=O) groups excluding carboxylic acids is 3. The molecule has 3 rings (SSSR count). The van der Waals surface area contributed by atoms with Gasteiger partial charge in [0.1, 0.15) is 5.75 Å². The monoisotopic (exact) mass is 499 g/mol. The van der Waals surface area contributed by atoms with Crippen LogP contribution in [0.4, 0.5) is 5.69 Å². The minimum atomic E-state index is -0.992. The van der Waals surface area contributed by atoms with E-state index in [1.807, 2.05) is 0 Å². The lowest BCUT2D eigenvalue weighted by molar-refractivity contribution is -0.136. The summed E-state index contributed by atoms with van der Waals surface area (Å²) in [4.78, 5) is 36.3. The van der Waals surface area contributed by atoms with Crippen LogP contribution in [-0.2, 0) is 9.59 Å². The van der Waals surface area contributed by atoms with Crippen LogP contribution in [0, 0.1) is 0 Å². The first kappa shape index (κ1) is 22.2. The Labute approximate surface area is 191 Å². The van der Waals surface area contributed by atoms with Crippen LogP contribution in [0.1, 0.15) is 15.9 Å². The summed E-state index contributed by atoms with van der Waals surface area (Å²) in [6.45, 7) is 0. The maximum absolute atomic E-state index is 12.3. The molecule has 0 aromatic heterocycles. The van der Waals surface area contributed by atoms with Crippen LogP contribution in [0.25, 0.3) is 0 Å². The van der Waals surface area contributed by atoms with Gasteiger partial charge in [0.25, 0.3) is 0 Å². The fourth-order valence-corrected chi connectivity index (χ4v) is 2.96. The smallest absolute Gasteiger partial charge is 0.343 e. The van der Waals surface area contributed by atoms with Crippen molar-refractivity contribution in [1.29, 1.82) is 0 Å². The Bertz CT molecular complexity index is 1150. The largest absolute Gasteiger partial charge is 0.422 e. The number of hydrazone groups is 1. The molecule has 2 N–H and O–H groups in total. The predicted molar refractivity (Wildman–Crippen MR) is 121 cm³/mol. The quantitative estimate of drug-likeness (QED) is 0.178. The summed E-state index contributed by atoms with van der Waals surface area (Å²) in [5.74, 6) is -2.24. The molecule has 0 unspecified atom stereocenters. The highest BCUT2D eigenvalue weighted by atomic mass is 79.9. The molecule has 0 aliphatic heterocycles. The third kappa shape index (κ3) is 6.24. The number of ether oxygens (including phenoxy) is 1. The standard InChI is InChI=1S/C22H15BrClN3O4/c23-16-10-11-19(31-22(30)14-6-2-1-3-7-14)15(12-16)13-25-27-21(29)20(28)26-18-9-5-4-8-17(18)24/h1-13H,(H,26,28)(H,27,29). The first-order valence-corrected chi connectivity index (χ1v) is 10.1. The molecule has 3 aromatic rings. The van der Waals surface area contributed by atoms with Crippen LogP contribution < -0.4 is 15.5 Å². The van der Waals surface area contributed by atoms with Gasteiger partial charge in [-0.25, -0.2) is 10.2 Å². The molecule has 2 amide bonds. The molecule has 0 fully saturated rings. The lowest BCUT2D eigenvalue weighted by atomic mass is 10.2. The fraction of sp³-hybridized carbons (Fsp3) is 0. The van der Waals surface area contributed by atoms with Crippen LogP contribution in [0.2, 0.25) is 5.02 Å². The zero-order chi connectivity index (χ0) is 22.2. The molecular formula is C22H15BrClN3O4. The van der Waals surface area contributed by atoms with Gasteiger partial charge >= 0.3 is 17.8 Å². The van der Waals surface area contributed by atoms with E-state index in [4.69, 9.17) is 16.3 Å². The number of rotatable bonds is 5. The van der Waals surface area contributed by atoms with Crippen LogP contribution >= 0.6 is 27.5 Å². The Balaban J connectivity index is 1.67. The van der Waals surface area contributed by atoms with Gasteiger partial charge < -0.3 is 10.1 Å². The lowest BCUT2D eigenvalue weighted by Gasteiger charge is -2.08. The molecule has 156 valence electrons. The number of nitrogens with one attached hydrogen (secondary N) is 2. The average Bonchev–Trinajstić information content (AvgIpc) is 2.77. The molecule has 0 atom stereocenters. The van der Waals surface area contributed by atoms with Crippen molar-refractivity contribution < 1.29 is 19.1 Å². The van der Waals surface area contributed by atoms with E-state index in [1.165, 1.54) is 6.21 Å². The van der Waals surface area contributed by atoms with Gasteiger partial charge in [0.2, 0.25) is 0 Å². The maximum Gasteiger partial charge on any atom is 0.343 e. The van der Waals surface area contributed by atoms with Crippen molar-refractivity contribution in [3.8, 4) is 5.75 Å². The molecule has 9 heteroatoms. The molecular weight excluding hydrogens is 486 g/mol. The Kier molecular flexibility index (Phi) is 7.53. The lowest BCUT2D eigenvalue weighted by Crippen LogP contribution is -2.32. The van der Waals surface area contributed by atoms with Crippen molar-refractivity contribution in [1.82, 2.24) is 5.43 Å². The van der Waals surface area contributed by atoms with E-state index in [0.717, 1.165) is 0 Å². The SMILES string of the molecule is O=C(NN=Cc1cc(Br)ccc1OC(=O)c1ccccc1)C(=O)Nc1ccccc1Cl. The van der Waals surface area contributed by atoms with Crippen molar-refractivity contribution in [2.75, 3.05) is 5.32 Å². The van der Waals surface area contributed by atoms with Crippen molar-refractivity contribution in [3.05, 3.63) is 93.4 Å². The van der Waals surface area contributed by atoms with E-state index in [9.17, 15) is 14.4 Å². The minimum absolute atomic E-state index is 0.232. The van der Waals surface area contributed by atoms with Crippen molar-refractivity contribution in [2.45, 2.75) is 0 Å². The first-order chi connectivity index (χ1) is 14.9. The normalized spacial score (nSPS) is 10.5. The molecule has 0 bridgehead atoms. The van der Waals surface area contributed by atoms with Gasteiger partial charge in [0.15, 0.2) is 0 Å². The minimum Gasteiger partial charge on any atom is -0.422 e. The summed E-state index contributed by atoms with van der Waals surface area (Å²) < 4.78 is 6.13. The maximum atomic E-state index is 12.3. The van der Waals surface area contributed by atoms with Crippen LogP contribution in [0.15, 0.2) is 82.4 Å². The van der Waals surface area contributed by atoms with Crippen molar-refractivity contribution in [3.63, 3.8) is 0 Å². The second kappa shape index (κ2) is 10.5. The summed E-state index contributed by atoms with van der Waals surface area (Å²) in [6, 6.07) is 19.9. The summed E-state index contributed by atoms with van der Waals surface area (Å²) in [7, 11) is 0. The van der Waals surface area contributed by atoms with Gasteiger partial charge in [-0.15, -0.1) is 0 Å². The molecule has 0 aliphatic rings. The molecule has 3 aromatic carbocycles. The number of anilines is 1. The molecule has 0 saturated carbocycles. The highest BCUT2D eigenvalue weighted by Crippen LogP contribution is 2.23. The van der Waals surface area contributed by atoms with E-state index >= 15 is 0 Å². The second-order valence-electron chi connectivity index (χ2n) is 6.07. The number of nitrogens with zero attached hydrogens (tertiary/aromatic N) is 1. The number of hydrogen-bond acceptors (Lipinski definition) is 5. The van der Waals surface area contributed by atoms with E-state index < -0.39 is 17.8 Å². The van der Waals surface area contributed by atoms with E-state index in [2.05, 4.69) is 31.8 Å². The van der Waals surface area contributed by atoms with Crippen LogP contribution in [0.5, 0.6) is 5.75 Å². The third-order valence-electron chi connectivity index (χ3n) is 3.88. The van der Waals surface area contributed by atoms with Gasteiger partial charge in [0, 0.05) is 10.0 Å². The number of benzene rings is 3. The Hall–Kier alpha value is -3.49. The molecule has 0 spiro atoms. The van der Waals surface area contributed by atoms with E-state index in [1.54, 1.807) is 72.8 Å². The van der Waals surface area contributed by atoms with Crippen molar-refractivity contribution >= 4 is 57.2 Å². The number of halogens is 2. The summed E-state index contributed by atoms with van der Waals surface area (Å²) in [6.07, 6.45) is 1.26. The molecule has 0 aliphatic carbocycles. The van der Waals surface area contributed by atoms with Gasteiger partial charge in [0.05, 0.1) is 22.5 Å². The first-order valence-electron chi connectivity index (χ1n) is 8.90. The Morgan fingerprint density at radius 1 is 0.935 bits per heavy atom. The van der Waals surface area contributed by atoms with Gasteiger partial charge in [-0.1, -0.05) is 57.9 Å². The predicted octanol–water partition coefficient (Wildman–Crippen LogP) is 4.41. The molecule has 0 saturated heterocycles. The summed E-state index contributed by atoms with van der Waals surface area (Å²) >= 11 is 9.28. The molecule has 7 nitrogen and oxygen atoms in total. The van der Waals surface area contributed by atoms with Gasteiger partial charge in [-0.2, -0.15) is 5.10 Å². The van der Waals surface area contributed by atoms with Crippen molar-refractivity contribution in [2.24, 2.45) is 5.10 Å². The average molecular weight is 501 g/mol. The number of esters is 1. The highest BCUT2D eigenvalue weighted by Gasteiger charge is 2.15. The molecule has 0 heterocycles. The summed E-state index contributed by atoms with van der Waals surface area (Å²) in [5.41, 5.74) is 3.22. The molecule has 0 radical (unpaired) electrons. The number of amides is 2. The summed E-state index contributed by atoms with van der Waals surface area (Å²) in [5, 5.41) is 6.47. The van der Waals surface area contributed by atoms with Crippen LogP contribution in [0.3, 0.4) is 0 Å². The zero-order valence-corrected chi connectivity index (χ0v) is 18.2. The van der Waals surface area contributed by atoms with Gasteiger partial charge in [-0.05, 0) is 42.5 Å². The fourth-order valence-electron chi connectivity index (χ4n) is 2.40. The highest BCUT2D eigenvalue weighted by molar-refractivity contribution is 9.10. The van der Waals surface area contributed by atoms with Gasteiger partial charge in [-0.3, -0.25) is 9.59 Å². The van der Waals surface area contributed by atoms with E-state index in [0.29, 0.717) is 26.3 Å². The zero-order valence-electron chi connectivity index (χ0n) is 15.8. The number of carbonyl (C=O) groups is 3.